The molecule has 20 heavy (non-hydrogen) atoms. The van der Waals surface area contributed by atoms with Crippen molar-refractivity contribution >= 4 is 11.6 Å². The van der Waals surface area contributed by atoms with Crippen molar-refractivity contribution < 1.29 is 4.39 Å². The lowest BCUT2D eigenvalue weighted by Gasteiger charge is -2.24. The third-order valence-electron chi connectivity index (χ3n) is 3.75. The number of benzene rings is 2. The zero-order valence-electron chi connectivity index (χ0n) is 11.7. The summed E-state index contributed by atoms with van der Waals surface area (Å²) < 4.78 is 13.3. The Kier molecular flexibility index (Phi) is 5.16. The fourth-order valence-electron chi connectivity index (χ4n) is 2.45. The lowest BCUT2D eigenvalue weighted by molar-refractivity contribution is 0.482. The number of halogens is 2. The molecular weight excluding hydrogens is 273 g/mol. The van der Waals surface area contributed by atoms with E-state index in [1.54, 1.807) is 6.07 Å². The van der Waals surface area contributed by atoms with Crippen LogP contribution < -0.4 is 5.32 Å². The minimum absolute atomic E-state index is 0.205. The van der Waals surface area contributed by atoms with Crippen LogP contribution in [-0.4, -0.2) is 13.1 Å². The first-order valence-corrected chi connectivity index (χ1v) is 7.15. The van der Waals surface area contributed by atoms with E-state index in [9.17, 15) is 4.39 Å². The van der Waals surface area contributed by atoms with E-state index in [4.69, 9.17) is 11.6 Å². The monoisotopic (exact) mass is 291 g/mol. The van der Waals surface area contributed by atoms with Crippen molar-refractivity contribution in [3.8, 4) is 0 Å². The lowest BCUT2D eigenvalue weighted by atomic mass is 9.89. The zero-order valence-corrected chi connectivity index (χ0v) is 12.5. The van der Waals surface area contributed by atoms with Gasteiger partial charge in [0.05, 0.1) is 0 Å². The summed E-state index contributed by atoms with van der Waals surface area (Å²) in [6.07, 6.45) is 0.698. The fourth-order valence-corrected chi connectivity index (χ4v) is 2.65. The Hall–Kier alpha value is -1.38. The van der Waals surface area contributed by atoms with E-state index in [0.717, 1.165) is 5.56 Å². The highest BCUT2D eigenvalue weighted by Gasteiger charge is 2.19. The van der Waals surface area contributed by atoms with Gasteiger partial charge in [-0.15, -0.1) is 0 Å². The normalized spacial score (nSPS) is 14.0. The first kappa shape index (κ1) is 15.0. The average Bonchev–Trinajstić information content (AvgIpc) is 2.48. The van der Waals surface area contributed by atoms with Crippen molar-refractivity contribution in [2.75, 3.05) is 7.05 Å². The minimum Gasteiger partial charge on any atom is -0.316 e. The van der Waals surface area contributed by atoms with E-state index >= 15 is 0 Å². The molecule has 2 aromatic carbocycles. The zero-order chi connectivity index (χ0) is 14.5. The van der Waals surface area contributed by atoms with Crippen LogP contribution in [0.25, 0.3) is 0 Å². The Bertz CT molecular complexity index is 556. The highest BCUT2D eigenvalue weighted by Crippen LogP contribution is 2.25. The third-order valence-corrected chi connectivity index (χ3v) is 4.12. The maximum absolute atomic E-state index is 13.3. The molecule has 0 aliphatic rings. The summed E-state index contributed by atoms with van der Waals surface area (Å²) in [5.74, 6) is 0.0761. The lowest BCUT2D eigenvalue weighted by Crippen LogP contribution is -2.33. The van der Waals surface area contributed by atoms with Crippen LogP contribution in [0.3, 0.4) is 0 Å². The van der Waals surface area contributed by atoms with Gasteiger partial charge in [0, 0.05) is 11.1 Å². The summed E-state index contributed by atoms with van der Waals surface area (Å²) in [5.41, 5.74) is 2.10. The Morgan fingerprint density at radius 3 is 2.50 bits per heavy atom. The van der Waals surface area contributed by atoms with E-state index in [2.05, 4.69) is 24.4 Å². The molecule has 0 bridgehead atoms. The minimum atomic E-state index is -0.244. The van der Waals surface area contributed by atoms with E-state index in [0.29, 0.717) is 17.4 Å². The van der Waals surface area contributed by atoms with Crippen molar-refractivity contribution in [1.29, 1.82) is 0 Å². The van der Waals surface area contributed by atoms with Crippen molar-refractivity contribution in [3.05, 3.63) is 70.5 Å². The third kappa shape index (κ3) is 3.59. The molecule has 2 rings (SSSR count). The maximum atomic E-state index is 13.3. The molecule has 0 radical (unpaired) electrons. The molecule has 0 saturated heterocycles. The number of hydrogen-bond acceptors (Lipinski definition) is 1. The van der Waals surface area contributed by atoms with Gasteiger partial charge in [-0.1, -0.05) is 48.9 Å². The Morgan fingerprint density at radius 1 is 1.15 bits per heavy atom. The summed E-state index contributed by atoms with van der Waals surface area (Å²) in [5, 5.41) is 3.93. The Balaban J connectivity index is 2.18. The molecule has 0 heterocycles. The fraction of sp³-hybridized carbons (Fsp3) is 0.294. The predicted molar refractivity (Wildman–Crippen MR) is 82.8 cm³/mol. The molecule has 0 fully saturated rings. The van der Waals surface area contributed by atoms with Crippen LogP contribution in [0.1, 0.15) is 24.0 Å². The van der Waals surface area contributed by atoms with Gasteiger partial charge >= 0.3 is 0 Å². The molecular formula is C17H19ClFN. The average molecular weight is 292 g/mol. The highest BCUT2D eigenvalue weighted by atomic mass is 35.5. The number of hydrogen-bond donors (Lipinski definition) is 1. The standard InChI is InChI=1S/C17H19ClFN/c1-12(13-6-4-3-5-7-13)17(20-2)11-14-10-15(19)8-9-16(14)18/h3-10,12,17,20H,11H2,1-2H3. The summed E-state index contributed by atoms with van der Waals surface area (Å²) in [7, 11) is 1.93. The summed E-state index contributed by atoms with van der Waals surface area (Å²) in [4.78, 5) is 0. The van der Waals surface area contributed by atoms with Gasteiger partial charge in [0.25, 0.3) is 0 Å². The van der Waals surface area contributed by atoms with Crippen LogP contribution in [0.15, 0.2) is 48.5 Å². The molecule has 2 atom stereocenters. The van der Waals surface area contributed by atoms with E-state index in [1.807, 2.05) is 25.2 Å². The van der Waals surface area contributed by atoms with Crippen molar-refractivity contribution in [3.63, 3.8) is 0 Å². The Labute approximate surface area is 124 Å². The molecule has 2 aromatic rings. The SMILES string of the molecule is CNC(Cc1cc(F)ccc1Cl)C(C)c1ccccc1. The molecule has 0 spiro atoms. The van der Waals surface area contributed by atoms with Crippen LogP contribution in [0.4, 0.5) is 4.39 Å². The summed E-state index contributed by atoms with van der Waals surface area (Å²) >= 11 is 6.15. The van der Waals surface area contributed by atoms with Gasteiger partial charge in [-0.2, -0.15) is 0 Å². The quantitative estimate of drug-likeness (QED) is 0.860. The molecule has 0 amide bonds. The number of likely N-dealkylation sites (N-methyl/N-ethyl adjacent to an activating group) is 1. The van der Waals surface area contributed by atoms with Crippen molar-refractivity contribution in [2.24, 2.45) is 0 Å². The van der Waals surface area contributed by atoms with Gasteiger partial charge in [0.2, 0.25) is 0 Å². The first-order chi connectivity index (χ1) is 9.61. The van der Waals surface area contributed by atoms with Crippen LogP contribution in [0.2, 0.25) is 5.02 Å². The van der Waals surface area contributed by atoms with E-state index in [-0.39, 0.29) is 11.9 Å². The molecule has 0 aliphatic heterocycles. The second-order valence-corrected chi connectivity index (χ2v) is 5.44. The molecule has 2 unspecified atom stereocenters. The van der Waals surface area contributed by atoms with Gasteiger partial charge in [0.15, 0.2) is 0 Å². The molecule has 106 valence electrons. The predicted octanol–water partition coefficient (Wildman–Crippen LogP) is 4.41. The molecule has 1 nitrogen and oxygen atoms in total. The first-order valence-electron chi connectivity index (χ1n) is 6.78. The van der Waals surface area contributed by atoms with Gasteiger partial charge < -0.3 is 5.32 Å². The highest BCUT2D eigenvalue weighted by molar-refractivity contribution is 6.31. The largest absolute Gasteiger partial charge is 0.316 e. The van der Waals surface area contributed by atoms with Crippen LogP contribution >= 0.6 is 11.6 Å². The number of rotatable bonds is 5. The second kappa shape index (κ2) is 6.87. The van der Waals surface area contributed by atoms with Crippen molar-refractivity contribution in [2.45, 2.75) is 25.3 Å². The van der Waals surface area contributed by atoms with E-state index in [1.165, 1.54) is 17.7 Å². The molecule has 1 N–H and O–H groups in total. The maximum Gasteiger partial charge on any atom is 0.123 e. The smallest absolute Gasteiger partial charge is 0.123 e. The molecule has 0 aliphatic carbocycles. The van der Waals surface area contributed by atoms with Crippen LogP contribution in [0.5, 0.6) is 0 Å². The van der Waals surface area contributed by atoms with Crippen molar-refractivity contribution in [1.82, 2.24) is 5.32 Å². The van der Waals surface area contributed by atoms with Gasteiger partial charge in [-0.25, -0.2) is 4.39 Å². The van der Waals surface area contributed by atoms with Crippen LogP contribution in [0, 0.1) is 5.82 Å². The molecule has 3 heteroatoms. The molecule has 0 saturated carbocycles. The van der Waals surface area contributed by atoms with E-state index < -0.39 is 0 Å². The van der Waals surface area contributed by atoms with Gasteiger partial charge in [-0.05, 0) is 48.7 Å². The van der Waals surface area contributed by atoms with Crippen LogP contribution in [-0.2, 0) is 6.42 Å². The summed E-state index contributed by atoms with van der Waals surface area (Å²) in [6, 6.07) is 15.0. The Morgan fingerprint density at radius 2 is 1.85 bits per heavy atom. The topological polar surface area (TPSA) is 12.0 Å². The second-order valence-electron chi connectivity index (χ2n) is 5.03. The molecule has 0 aromatic heterocycles. The summed E-state index contributed by atoms with van der Waals surface area (Å²) in [6.45, 7) is 2.17. The van der Waals surface area contributed by atoms with Gasteiger partial charge in [-0.3, -0.25) is 0 Å². The van der Waals surface area contributed by atoms with Gasteiger partial charge in [0.1, 0.15) is 5.82 Å². The number of nitrogens with one attached hydrogen (secondary N) is 1.